The number of anilines is 1. The molecule has 2 saturated heterocycles. The van der Waals surface area contributed by atoms with Crippen molar-refractivity contribution in [2.75, 3.05) is 31.2 Å². The molecule has 2 aliphatic heterocycles. The minimum Gasteiger partial charge on any atom is -0.466 e. The number of nitrogens with zero attached hydrogens (tertiary/aromatic N) is 2. The minimum absolute atomic E-state index is 0.115. The molecule has 0 bridgehead atoms. The molecule has 0 N–H and O–H groups in total. The highest BCUT2D eigenvalue weighted by atomic mass is 16.5. The second-order valence-electron chi connectivity index (χ2n) is 7.89. The van der Waals surface area contributed by atoms with Crippen molar-refractivity contribution < 1.29 is 28.7 Å². The van der Waals surface area contributed by atoms with Gasteiger partial charge in [0.15, 0.2) is 0 Å². The monoisotopic (exact) mass is 430 g/mol. The molecular formula is C23H30N2O6. The number of carbonyl (C=O) groups is 4. The van der Waals surface area contributed by atoms with Crippen LogP contribution in [-0.2, 0) is 23.9 Å². The van der Waals surface area contributed by atoms with Crippen molar-refractivity contribution in [2.45, 2.75) is 52.0 Å². The summed E-state index contributed by atoms with van der Waals surface area (Å²) in [5.74, 6) is -1.28. The molecule has 2 fully saturated rings. The van der Waals surface area contributed by atoms with E-state index in [2.05, 4.69) is 0 Å². The van der Waals surface area contributed by atoms with E-state index in [0.717, 1.165) is 12.8 Å². The Bertz CT molecular complexity index is 814. The van der Waals surface area contributed by atoms with E-state index in [1.165, 1.54) is 4.90 Å². The van der Waals surface area contributed by atoms with E-state index < -0.39 is 12.0 Å². The number of hydrogen-bond donors (Lipinski definition) is 0. The summed E-state index contributed by atoms with van der Waals surface area (Å²) in [6.07, 6.45) is 3.09. The third-order valence-electron chi connectivity index (χ3n) is 5.81. The Morgan fingerprint density at radius 2 is 1.71 bits per heavy atom. The summed E-state index contributed by atoms with van der Waals surface area (Å²) in [6.45, 7) is 5.68. The molecule has 0 radical (unpaired) electrons. The van der Waals surface area contributed by atoms with Crippen molar-refractivity contribution in [2.24, 2.45) is 5.92 Å². The largest absolute Gasteiger partial charge is 0.466 e. The van der Waals surface area contributed by atoms with E-state index in [4.69, 9.17) is 9.47 Å². The van der Waals surface area contributed by atoms with Crippen molar-refractivity contribution in [3.8, 4) is 0 Å². The minimum atomic E-state index is -0.519. The summed E-state index contributed by atoms with van der Waals surface area (Å²) in [6, 6.07) is 5.82. The summed E-state index contributed by atoms with van der Waals surface area (Å²) < 4.78 is 10.3. The van der Waals surface area contributed by atoms with Crippen LogP contribution < -0.4 is 4.90 Å². The first-order valence-electron chi connectivity index (χ1n) is 11.0. The van der Waals surface area contributed by atoms with Gasteiger partial charge in [0, 0.05) is 0 Å². The number of carbonyl (C=O) groups excluding carboxylic acids is 4. The maximum absolute atomic E-state index is 13.0. The van der Waals surface area contributed by atoms with Gasteiger partial charge in [-0.3, -0.25) is 19.3 Å². The van der Waals surface area contributed by atoms with Crippen LogP contribution in [0.4, 0.5) is 5.69 Å². The molecular weight excluding hydrogens is 400 g/mol. The van der Waals surface area contributed by atoms with Crippen molar-refractivity contribution in [1.82, 2.24) is 4.90 Å². The number of esters is 2. The SMILES string of the molecule is CCCCOC(=O)c1ccc(N2C(=O)CC(N3CCC(C(=O)OCC)CC3)C2=O)cc1. The molecule has 3 rings (SSSR count). The number of likely N-dealkylation sites (tertiary alicyclic amines) is 1. The Morgan fingerprint density at radius 3 is 2.32 bits per heavy atom. The highest BCUT2D eigenvalue weighted by molar-refractivity contribution is 6.22. The fraction of sp³-hybridized carbons (Fsp3) is 0.565. The molecule has 1 aromatic carbocycles. The number of ether oxygens (including phenoxy) is 2. The van der Waals surface area contributed by atoms with Gasteiger partial charge in [0.1, 0.15) is 0 Å². The number of imide groups is 1. The molecule has 168 valence electrons. The summed E-state index contributed by atoms with van der Waals surface area (Å²) in [4.78, 5) is 52.8. The lowest BCUT2D eigenvalue weighted by Gasteiger charge is -2.33. The van der Waals surface area contributed by atoms with E-state index in [9.17, 15) is 19.2 Å². The van der Waals surface area contributed by atoms with Gasteiger partial charge in [0.05, 0.1) is 42.8 Å². The molecule has 0 spiro atoms. The third-order valence-corrected chi connectivity index (χ3v) is 5.81. The molecule has 2 amide bonds. The summed E-state index contributed by atoms with van der Waals surface area (Å²) in [5, 5.41) is 0. The van der Waals surface area contributed by atoms with Gasteiger partial charge >= 0.3 is 11.9 Å². The van der Waals surface area contributed by atoms with Crippen LogP contribution >= 0.6 is 0 Å². The predicted molar refractivity (Wildman–Crippen MR) is 113 cm³/mol. The number of benzene rings is 1. The highest BCUT2D eigenvalue weighted by Crippen LogP contribution is 2.29. The molecule has 0 aromatic heterocycles. The zero-order chi connectivity index (χ0) is 22.4. The number of unbranched alkanes of at least 4 members (excludes halogenated alkanes) is 1. The number of amides is 2. The van der Waals surface area contributed by atoms with Crippen molar-refractivity contribution >= 4 is 29.4 Å². The Balaban J connectivity index is 1.60. The Labute approximate surface area is 182 Å². The van der Waals surface area contributed by atoms with E-state index in [0.29, 0.717) is 50.4 Å². The summed E-state index contributed by atoms with van der Waals surface area (Å²) in [7, 11) is 0. The standard InChI is InChI=1S/C23H30N2O6/c1-3-5-14-31-23(29)16-6-8-18(9-7-16)25-20(26)15-19(21(25)27)24-12-10-17(11-13-24)22(28)30-4-2/h6-9,17,19H,3-5,10-15H2,1-2H3. The van der Waals surface area contributed by atoms with Crippen molar-refractivity contribution in [1.29, 1.82) is 0 Å². The molecule has 31 heavy (non-hydrogen) atoms. The van der Waals surface area contributed by atoms with Crippen LogP contribution in [0.2, 0.25) is 0 Å². The van der Waals surface area contributed by atoms with Crippen molar-refractivity contribution in [3.05, 3.63) is 29.8 Å². The first kappa shape index (κ1) is 22.9. The van der Waals surface area contributed by atoms with Crippen LogP contribution in [0.25, 0.3) is 0 Å². The van der Waals surface area contributed by atoms with Gasteiger partial charge in [-0.1, -0.05) is 13.3 Å². The van der Waals surface area contributed by atoms with Crippen molar-refractivity contribution in [3.63, 3.8) is 0 Å². The van der Waals surface area contributed by atoms with E-state index in [1.54, 1.807) is 31.2 Å². The molecule has 1 aromatic rings. The lowest BCUT2D eigenvalue weighted by Crippen LogP contribution is -2.47. The summed E-state index contributed by atoms with van der Waals surface area (Å²) in [5.41, 5.74) is 0.834. The number of rotatable bonds is 8. The third kappa shape index (κ3) is 5.31. The second-order valence-corrected chi connectivity index (χ2v) is 7.89. The normalized spacial score (nSPS) is 20.2. The first-order valence-corrected chi connectivity index (χ1v) is 11.0. The van der Waals surface area contributed by atoms with Gasteiger partial charge < -0.3 is 9.47 Å². The molecule has 2 aliphatic rings. The molecule has 1 atom stereocenters. The fourth-order valence-corrected chi connectivity index (χ4v) is 4.02. The molecule has 0 aliphatic carbocycles. The van der Waals surface area contributed by atoms with Gasteiger partial charge in [0.2, 0.25) is 5.91 Å². The Hall–Kier alpha value is -2.74. The first-order chi connectivity index (χ1) is 15.0. The van der Waals surface area contributed by atoms with Crippen LogP contribution in [0.1, 0.15) is 56.3 Å². The quantitative estimate of drug-likeness (QED) is 0.355. The van der Waals surface area contributed by atoms with Gasteiger partial charge in [-0.25, -0.2) is 9.69 Å². The molecule has 0 saturated carbocycles. The lowest BCUT2D eigenvalue weighted by molar-refractivity contribution is -0.149. The van der Waals surface area contributed by atoms with Gasteiger partial charge in [-0.05, 0) is 63.5 Å². The van der Waals surface area contributed by atoms with Crippen LogP contribution in [0.15, 0.2) is 24.3 Å². The predicted octanol–water partition coefficient (Wildman–Crippen LogP) is 2.55. The van der Waals surface area contributed by atoms with E-state index in [-0.39, 0.29) is 30.1 Å². The maximum atomic E-state index is 13.0. The molecule has 8 nitrogen and oxygen atoms in total. The number of piperidine rings is 1. The number of hydrogen-bond acceptors (Lipinski definition) is 7. The van der Waals surface area contributed by atoms with Gasteiger partial charge in [-0.15, -0.1) is 0 Å². The maximum Gasteiger partial charge on any atom is 0.338 e. The van der Waals surface area contributed by atoms with Crippen LogP contribution in [0.3, 0.4) is 0 Å². The molecule has 1 unspecified atom stereocenters. The van der Waals surface area contributed by atoms with Gasteiger partial charge in [-0.2, -0.15) is 0 Å². The van der Waals surface area contributed by atoms with E-state index >= 15 is 0 Å². The zero-order valence-corrected chi connectivity index (χ0v) is 18.2. The zero-order valence-electron chi connectivity index (χ0n) is 18.2. The lowest BCUT2D eigenvalue weighted by atomic mass is 9.95. The summed E-state index contributed by atoms with van der Waals surface area (Å²) >= 11 is 0. The average Bonchev–Trinajstić information content (AvgIpc) is 3.08. The van der Waals surface area contributed by atoms with Gasteiger partial charge in [0.25, 0.3) is 5.91 Å². The molecule has 8 heteroatoms. The van der Waals surface area contributed by atoms with Crippen LogP contribution in [-0.4, -0.2) is 61.0 Å². The second kappa shape index (κ2) is 10.5. The Kier molecular flexibility index (Phi) is 7.79. The highest BCUT2D eigenvalue weighted by Gasteiger charge is 2.44. The fourth-order valence-electron chi connectivity index (χ4n) is 4.02. The van der Waals surface area contributed by atoms with Crippen LogP contribution in [0, 0.1) is 5.92 Å². The smallest absolute Gasteiger partial charge is 0.338 e. The topological polar surface area (TPSA) is 93.2 Å². The Morgan fingerprint density at radius 1 is 1.03 bits per heavy atom. The average molecular weight is 431 g/mol. The van der Waals surface area contributed by atoms with Crippen LogP contribution in [0.5, 0.6) is 0 Å². The van der Waals surface area contributed by atoms with E-state index in [1.807, 2.05) is 11.8 Å². The molecule has 2 heterocycles.